The number of likely N-dealkylation sites (tertiary alicyclic amines) is 1. The van der Waals surface area contributed by atoms with E-state index in [0.29, 0.717) is 12.3 Å². The Kier molecular flexibility index (Phi) is 4.93. The average Bonchev–Trinajstić information content (AvgIpc) is 2.65. The number of rotatable bonds is 5. The minimum atomic E-state index is -0.206. The Morgan fingerprint density at radius 1 is 1.25 bits per heavy atom. The van der Waals surface area contributed by atoms with Crippen LogP contribution in [0.5, 0.6) is 0 Å². The van der Waals surface area contributed by atoms with Crippen molar-refractivity contribution in [2.75, 3.05) is 39.8 Å². The smallest absolute Gasteiger partial charge is 0.152 e. The molecule has 0 N–H and O–H groups in total. The molecule has 0 aromatic heterocycles. The van der Waals surface area contributed by atoms with Gasteiger partial charge in [0.25, 0.3) is 0 Å². The predicted octanol–water partition coefficient (Wildman–Crippen LogP) is 1.63. The zero-order valence-electron chi connectivity index (χ0n) is 11.3. The van der Waals surface area contributed by atoms with Crippen molar-refractivity contribution in [3.63, 3.8) is 0 Å². The Hall–Kier alpha value is -0.410. The maximum atomic E-state index is 11.8. The van der Waals surface area contributed by atoms with E-state index in [-0.39, 0.29) is 5.41 Å². The lowest BCUT2D eigenvalue weighted by Crippen LogP contribution is -2.37. The van der Waals surface area contributed by atoms with Gasteiger partial charge < -0.3 is 4.90 Å². The van der Waals surface area contributed by atoms with Gasteiger partial charge in [-0.2, -0.15) is 0 Å². The molecule has 3 nitrogen and oxygen atoms in total. The number of ketones is 1. The Labute approximate surface area is 99.8 Å². The summed E-state index contributed by atoms with van der Waals surface area (Å²) in [4.78, 5) is 16.4. The van der Waals surface area contributed by atoms with Crippen molar-refractivity contribution in [3.05, 3.63) is 0 Å². The highest BCUT2D eigenvalue weighted by atomic mass is 16.1. The summed E-state index contributed by atoms with van der Waals surface area (Å²) in [5, 5.41) is 0. The van der Waals surface area contributed by atoms with Crippen LogP contribution in [-0.4, -0.2) is 55.4 Å². The van der Waals surface area contributed by atoms with Gasteiger partial charge in [0, 0.05) is 18.5 Å². The molecule has 16 heavy (non-hydrogen) atoms. The largest absolute Gasteiger partial charge is 0.302 e. The van der Waals surface area contributed by atoms with Crippen molar-refractivity contribution in [2.45, 2.75) is 33.6 Å². The number of hydrogen-bond acceptors (Lipinski definition) is 3. The van der Waals surface area contributed by atoms with Crippen LogP contribution in [0.15, 0.2) is 0 Å². The molecule has 0 aromatic rings. The van der Waals surface area contributed by atoms with Crippen LogP contribution in [0.4, 0.5) is 0 Å². The Balaban J connectivity index is 2.19. The maximum Gasteiger partial charge on any atom is 0.152 e. The fourth-order valence-corrected chi connectivity index (χ4v) is 1.88. The van der Waals surface area contributed by atoms with Crippen molar-refractivity contribution < 1.29 is 4.79 Å². The van der Waals surface area contributed by atoms with Gasteiger partial charge in [-0.15, -0.1) is 0 Å². The molecule has 1 fully saturated rings. The number of hydrogen-bond donors (Lipinski definition) is 0. The fraction of sp³-hybridized carbons (Fsp3) is 0.923. The summed E-state index contributed by atoms with van der Waals surface area (Å²) in [5.74, 6) is 0.330. The minimum Gasteiger partial charge on any atom is -0.302 e. The third kappa shape index (κ3) is 4.62. The molecule has 3 heteroatoms. The first-order valence-corrected chi connectivity index (χ1v) is 6.34. The topological polar surface area (TPSA) is 23.6 Å². The van der Waals surface area contributed by atoms with Gasteiger partial charge in [-0.25, -0.2) is 0 Å². The summed E-state index contributed by atoms with van der Waals surface area (Å²) in [6.07, 6.45) is 2.68. The summed E-state index contributed by atoms with van der Waals surface area (Å²) in [5.41, 5.74) is -0.206. The molecule has 0 atom stereocenters. The van der Waals surface area contributed by atoms with Crippen LogP contribution in [-0.2, 0) is 4.79 Å². The molecular weight excluding hydrogens is 200 g/mol. The van der Waals surface area contributed by atoms with Gasteiger partial charge in [0.05, 0.1) is 6.54 Å². The van der Waals surface area contributed by atoms with Crippen molar-refractivity contribution in [1.29, 1.82) is 0 Å². The molecule has 0 saturated carbocycles. The lowest BCUT2D eigenvalue weighted by atomic mass is 9.90. The first kappa shape index (κ1) is 13.7. The number of likely N-dealkylation sites (N-methyl/N-ethyl adjacent to an activating group) is 1. The van der Waals surface area contributed by atoms with Crippen molar-refractivity contribution >= 4 is 5.78 Å². The van der Waals surface area contributed by atoms with E-state index in [4.69, 9.17) is 0 Å². The molecule has 0 radical (unpaired) electrons. The number of nitrogens with zero attached hydrogens (tertiary/aromatic N) is 2. The quantitative estimate of drug-likeness (QED) is 0.712. The van der Waals surface area contributed by atoms with E-state index in [2.05, 4.69) is 9.80 Å². The Bertz CT molecular complexity index is 227. The van der Waals surface area contributed by atoms with Gasteiger partial charge in [0.15, 0.2) is 5.78 Å². The summed E-state index contributed by atoms with van der Waals surface area (Å²) >= 11 is 0. The predicted molar refractivity (Wildman–Crippen MR) is 67.6 cm³/mol. The first-order valence-electron chi connectivity index (χ1n) is 6.34. The van der Waals surface area contributed by atoms with Gasteiger partial charge in [-0.1, -0.05) is 20.8 Å². The highest BCUT2D eigenvalue weighted by Crippen LogP contribution is 2.14. The molecule has 0 aromatic carbocycles. The summed E-state index contributed by atoms with van der Waals surface area (Å²) < 4.78 is 0. The summed E-state index contributed by atoms with van der Waals surface area (Å²) in [6.45, 7) is 11.1. The molecule has 0 aliphatic carbocycles. The average molecular weight is 226 g/mol. The van der Waals surface area contributed by atoms with Gasteiger partial charge in [-0.3, -0.25) is 9.69 Å². The van der Waals surface area contributed by atoms with E-state index in [1.165, 1.54) is 25.9 Å². The second kappa shape index (κ2) is 5.78. The SMILES string of the molecule is CN(CCN1CCCC1)CC(=O)C(C)(C)C. The minimum absolute atomic E-state index is 0.206. The van der Waals surface area contributed by atoms with Crippen molar-refractivity contribution in [3.8, 4) is 0 Å². The molecule has 0 bridgehead atoms. The molecule has 1 heterocycles. The van der Waals surface area contributed by atoms with E-state index >= 15 is 0 Å². The van der Waals surface area contributed by atoms with E-state index < -0.39 is 0 Å². The zero-order chi connectivity index (χ0) is 12.2. The third-order valence-electron chi connectivity index (χ3n) is 3.25. The van der Waals surface area contributed by atoms with E-state index in [1.54, 1.807) is 0 Å². The second-order valence-electron chi connectivity index (χ2n) is 5.96. The van der Waals surface area contributed by atoms with Crippen molar-refractivity contribution in [1.82, 2.24) is 9.80 Å². The fourth-order valence-electron chi connectivity index (χ4n) is 1.88. The molecule has 1 saturated heterocycles. The van der Waals surface area contributed by atoms with Crippen LogP contribution in [0.1, 0.15) is 33.6 Å². The third-order valence-corrected chi connectivity index (χ3v) is 3.25. The molecule has 1 rings (SSSR count). The zero-order valence-corrected chi connectivity index (χ0v) is 11.3. The molecule has 94 valence electrons. The molecule has 0 spiro atoms. The van der Waals surface area contributed by atoms with Gasteiger partial charge in [0.2, 0.25) is 0 Å². The van der Waals surface area contributed by atoms with Gasteiger partial charge in [0.1, 0.15) is 0 Å². The van der Waals surface area contributed by atoms with E-state index in [1.807, 2.05) is 27.8 Å². The van der Waals surface area contributed by atoms with Crippen LogP contribution >= 0.6 is 0 Å². The number of carbonyl (C=O) groups excluding carboxylic acids is 1. The number of carbonyl (C=O) groups is 1. The number of Topliss-reactive ketones (excluding diaryl/α,β-unsaturated/α-hetero) is 1. The lowest BCUT2D eigenvalue weighted by molar-refractivity contribution is -0.127. The van der Waals surface area contributed by atoms with Crippen LogP contribution in [0.3, 0.4) is 0 Å². The summed E-state index contributed by atoms with van der Waals surface area (Å²) in [6, 6.07) is 0. The standard InChI is InChI=1S/C13H26N2O/c1-13(2,3)12(16)11-14(4)9-10-15-7-5-6-8-15/h5-11H2,1-4H3. The van der Waals surface area contributed by atoms with Crippen LogP contribution < -0.4 is 0 Å². The van der Waals surface area contributed by atoms with Crippen LogP contribution in [0, 0.1) is 5.41 Å². The highest BCUT2D eigenvalue weighted by Gasteiger charge is 2.22. The molecule has 1 aliphatic heterocycles. The second-order valence-corrected chi connectivity index (χ2v) is 5.96. The maximum absolute atomic E-state index is 11.8. The van der Waals surface area contributed by atoms with Gasteiger partial charge >= 0.3 is 0 Å². The van der Waals surface area contributed by atoms with Crippen LogP contribution in [0.25, 0.3) is 0 Å². The molecular formula is C13H26N2O. The molecule has 0 amide bonds. The van der Waals surface area contributed by atoms with E-state index in [9.17, 15) is 4.79 Å². The van der Waals surface area contributed by atoms with Crippen LogP contribution in [0.2, 0.25) is 0 Å². The molecule has 0 unspecified atom stereocenters. The first-order chi connectivity index (χ1) is 7.39. The highest BCUT2D eigenvalue weighted by molar-refractivity contribution is 5.85. The van der Waals surface area contributed by atoms with Crippen molar-refractivity contribution in [2.24, 2.45) is 5.41 Å². The van der Waals surface area contributed by atoms with E-state index in [0.717, 1.165) is 13.1 Å². The molecule has 1 aliphatic rings. The monoisotopic (exact) mass is 226 g/mol. The lowest BCUT2D eigenvalue weighted by Gasteiger charge is -2.24. The normalized spacial score (nSPS) is 18.3. The summed E-state index contributed by atoms with van der Waals surface area (Å²) in [7, 11) is 2.04. The van der Waals surface area contributed by atoms with Gasteiger partial charge in [-0.05, 0) is 33.0 Å². The Morgan fingerprint density at radius 3 is 2.31 bits per heavy atom. The Morgan fingerprint density at radius 2 is 1.81 bits per heavy atom.